The third kappa shape index (κ3) is 3.79. The Balaban J connectivity index is 2.41. The molecule has 2 aromatic carbocycles. The lowest BCUT2D eigenvalue weighted by molar-refractivity contribution is -0.385. The fourth-order valence-corrected chi connectivity index (χ4v) is 2.62. The highest BCUT2D eigenvalue weighted by Crippen LogP contribution is 2.34. The summed E-state index contributed by atoms with van der Waals surface area (Å²) in [7, 11) is -3.37. The van der Waals surface area contributed by atoms with Crippen LogP contribution in [0.1, 0.15) is 0 Å². The monoisotopic (exact) mass is 371 g/mol. The molecule has 0 bridgehead atoms. The number of nitrogens with zero attached hydrogens (tertiary/aromatic N) is 1. The highest BCUT2D eigenvalue weighted by atomic mass is 79.9. The van der Waals surface area contributed by atoms with Crippen molar-refractivity contribution in [2.75, 3.05) is 6.26 Å². The van der Waals surface area contributed by atoms with Gasteiger partial charge in [0.05, 0.1) is 9.82 Å². The van der Waals surface area contributed by atoms with E-state index in [2.05, 4.69) is 15.9 Å². The standard InChI is InChI=1S/C13H10BrNO5S/c1-21(18,19)11-4-2-3-10(8-11)20-13-6-5-9(14)7-12(13)15(16)17/h2-8H,1H3. The lowest BCUT2D eigenvalue weighted by Gasteiger charge is -2.07. The van der Waals surface area contributed by atoms with E-state index >= 15 is 0 Å². The van der Waals surface area contributed by atoms with Crippen molar-refractivity contribution < 1.29 is 18.1 Å². The second-order valence-corrected chi connectivity index (χ2v) is 7.15. The molecule has 0 aliphatic rings. The van der Waals surface area contributed by atoms with Gasteiger partial charge < -0.3 is 4.74 Å². The van der Waals surface area contributed by atoms with Crippen molar-refractivity contribution in [3.05, 3.63) is 57.1 Å². The number of sulfone groups is 1. The lowest BCUT2D eigenvalue weighted by atomic mass is 10.3. The van der Waals surface area contributed by atoms with Gasteiger partial charge in [-0.1, -0.05) is 22.0 Å². The molecule has 0 saturated heterocycles. The van der Waals surface area contributed by atoms with E-state index < -0.39 is 14.8 Å². The molecule has 8 heteroatoms. The zero-order valence-corrected chi connectivity index (χ0v) is 13.2. The molecule has 2 aromatic rings. The van der Waals surface area contributed by atoms with Gasteiger partial charge in [0.25, 0.3) is 0 Å². The van der Waals surface area contributed by atoms with Crippen LogP contribution in [0.4, 0.5) is 5.69 Å². The largest absolute Gasteiger partial charge is 0.450 e. The predicted octanol–water partition coefficient (Wildman–Crippen LogP) is 3.55. The Bertz CT molecular complexity index is 804. The Morgan fingerprint density at radius 3 is 2.52 bits per heavy atom. The van der Waals surface area contributed by atoms with Crippen LogP contribution in [0.25, 0.3) is 0 Å². The molecule has 0 spiro atoms. The van der Waals surface area contributed by atoms with Crippen LogP contribution in [-0.2, 0) is 9.84 Å². The summed E-state index contributed by atoms with van der Waals surface area (Å²) in [6.45, 7) is 0. The number of hydrogen-bond donors (Lipinski definition) is 0. The van der Waals surface area contributed by atoms with Crippen molar-refractivity contribution in [2.24, 2.45) is 0 Å². The van der Waals surface area contributed by atoms with Crippen LogP contribution >= 0.6 is 15.9 Å². The van der Waals surface area contributed by atoms with Gasteiger partial charge in [0.1, 0.15) is 5.75 Å². The van der Waals surface area contributed by atoms with Gasteiger partial charge in [-0.2, -0.15) is 0 Å². The Hall–Kier alpha value is -1.93. The first kappa shape index (κ1) is 15.5. The molecule has 0 fully saturated rings. The Labute approximate surface area is 129 Å². The molecule has 0 atom stereocenters. The molecule has 0 amide bonds. The maximum atomic E-state index is 11.5. The lowest BCUT2D eigenvalue weighted by Crippen LogP contribution is -1.98. The van der Waals surface area contributed by atoms with E-state index in [-0.39, 0.29) is 22.1 Å². The van der Waals surface area contributed by atoms with E-state index in [0.717, 1.165) is 6.26 Å². The summed E-state index contributed by atoms with van der Waals surface area (Å²) in [6, 6.07) is 10.1. The van der Waals surface area contributed by atoms with Crippen molar-refractivity contribution in [1.82, 2.24) is 0 Å². The quantitative estimate of drug-likeness (QED) is 0.605. The van der Waals surface area contributed by atoms with E-state index in [1.54, 1.807) is 6.07 Å². The van der Waals surface area contributed by atoms with Crippen molar-refractivity contribution >= 4 is 31.5 Å². The van der Waals surface area contributed by atoms with Gasteiger partial charge in [0.15, 0.2) is 9.84 Å². The summed E-state index contributed by atoms with van der Waals surface area (Å²) in [4.78, 5) is 10.5. The fraction of sp³-hybridized carbons (Fsp3) is 0.0769. The second-order valence-electron chi connectivity index (χ2n) is 4.22. The van der Waals surface area contributed by atoms with Crippen LogP contribution in [0, 0.1) is 10.1 Å². The minimum absolute atomic E-state index is 0.0360. The third-order valence-electron chi connectivity index (χ3n) is 2.58. The molecule has 0 aliphatic carbocycles. The molecular formula is C13H10BrNO5S. The van der Waals surface area contributed by atoms with Crippen molar-refractivity contribution in [1.29, 1.82) is 0 Å². The van der Waals surface area contributed by atoms with Crippen LogP contribution in [0.2, 0.25) is 0 Å². The van der Waals surface area contributed by atoms with Gasteiger partial charge in [-0.05, 0) is 30.3 Å². The SMILES string of the molecule is CS(=O)(=O)c1cccc(Oc2ccc(Br)cc2[N+](=O)[O-])c1. The van der Waals surface area contributed by atoms with Gasteiger partial charge in [0.2, 0.25) is 5.75 Å². The molecule has 0 unspecified atom stereocenters. The van der Waals surface area contributed by atoms with Gasteiger partial charge in [0, 0.05) is 16.8 Å². The van der Waals surface area contributed by atoms with Crippen LogP contribution < -0.4 is 4.74 Å². The minimum Gasteiger partial charge on any atom is -0.450 e. The maximum absolute atomic E-state index is 11.5. The topological polar surface area (TPSA) is 86.5 Å². The number of benzene rings is 2. The molecule has 6 nitrogen and oxygen atoms in total. The molecule has 0 radical (unpaired) electrons. The number of halogens is 1. The molecule has 0 heterocycles. The zero-order valence-electron chi connectivity index (χ0n) is 10.8. The van der Waals surface area contributed by atoms with Crippen LogP contribution in [-0.4, -0.2) is 19.6 Å². The first-order chi connectivity index (χ1) is 9.77. The Kier molecular flexibility index (Phi) is 4.29. The second kappa shape index (κ2) is 5.82. The van der Waals surface area contributed by atoms with Crippen LogP contribution in [0.3, 0.4) is 0 Å². The summed E-state index contributed by atoms with van der Waals surface area (Å²) in [5, 5.41) is 11.0. The number of nitro groups is 1. The maximum Gasteiger partial charge on any atom is 0.312 e. The molecule has 2 rings (SSSR count). The molecule has 110 valence electrons. The van der Waals surface area contributed by atoms with E-state index in [0.29, 0.717) is 4.47 Å². The summed E-state index contributed by atoms with van der Waals surface area (Å²) in [5.41, 5.74) is -0.214. The van der Waals surface area contributed by atoms with Gasteiger partial charge in [-0.25, -0.2) is 8.42 Å². The average Bonchev–Trinajstić information content (AvgIpc) is 2.40. The number of hydrogen-bond acceptors (Lipinski definition) is 5. The van der Waals surface area contributed by atoms with Crippen molar-refractivity contribution in [3.8, 4) is 11.5 Å². The number of nitro benzene ring substituents is 1. The van der Waals surface area contributed by atoms with E-state index in [1.165, 1.54) is 36.4 Å². The molecule has 0 aromatic heterocycles. The molecule has 21 heavy (non-hydrogen) atoms. The predicted molar refractivity (Wildman–Crippen MR) is 80.4 cm³/mol. The smallest absolute Gasteiger partial charge is 0.312 e. The summed E-state index contributed by atoms with van der Waals surface area (Å²) < 4.78 is 29.0. The third-order valence-corrected chi connectivity index (χ3v) is 4.18. The van der Waals surface area contributed by atoms with Crippen molar-refractivity contribution in [2.45, 2.75) is 4.90 Å². The van der Waals surface area contributed by atoms with Crippen LogP contribution in [0.15, 0.2) is 51.8 Å². The highest BCUT2D eigenvalue weighted by Gasteiger charge is 2.17. The first-order valence-electron chi connectivity index (χ1n) is 5.69. The molecule has 0 N–H and O–H groups in total. The first-order valence-corrected chi connectivity index (χ1v) is 8.38. The summed E-state index contributed by atoms with van der Waals surface area (Å²) in [6.07, 6.45) is 1.08. The summed E-state index contributed by atoms with van der Waals surface area (Å²) in [5.74, 6) is 0.247. The van der Waals surface area contributed by atoms with Gasteiger partial charge in [-0.15, -0.1) is 0 Å². The zero-order chi connectivity index (χ0) is 15.6. The van der Waals surface area contributed by atoms with Crippen molar-refractivity contribution in [3.63, 3.8) is 0 Å². The Morgan fingerprint density at radius 1 is 1.19 bits per heavy atom. The van der Waals surface area contributed by atoms with Gasteiger partial charge >= 0.3 is 5.69 Å². The average molecular weight is 372 g/mol. The highest BCUT2D eigenvalue weighted by molar-refractivity contribution is 9.10. The molecule has 0 aliphatic heterocycles. The van der Waals surface area contributed by atoms with Crippen LogP contribution in [0.5, 0.6) is 11.5 Å². The minimum atomic E-state index is -3.37. The van der Waals surface area contributed by atoms with E-state index in [9.17, 15) is 18.5 Å². The van der Waals surface area contributed by atoms with Gasteiger partial charge in [-0.3, -0.25) is 10.1 Å². The van der Waals surface area contributed by atoms with E-state index in [4.69, 9.17) is 4.74 Å². The summed E-state index contributed by atoms with van der Waals surface area (Å²) >= 11 is 3.15. The fourth-order valence-electron chi connectivity index (χ4n) is 1.61. The van der Waals surface area contributed by atoms with E-state index in [1.807, 2.05) is 0 Å². The number of ether oxygens (including phenoxy) is 1. The molecule has 0 saturated carbocycles. The Morgan fingerprint density at radius 2 is 1.90 bits per heavy atom. The molecular weight excluding hydrogens is 362 g/mol. The normalized spacial score (nSPS) is 11.1. The number of rotatable bonds is 4.